The third kappa shape index (κ3) is 5.82. The maximum atomic E-state index is 11.7. The Hall–Kier alpha value is -1.31. The van der Waals surface area contributed by atoms with Gasteiger partial charge in [0.25, 0.3) is 0 Å². The van der Waals surface area contributed by atoms with E-state index in [0.29, 0.717) is 6.54 Å². The number of benzene rings is 1. The molecule has 0 radical (unpaired) electrons. The van der Waals surface area contributed by atoms with E-state index >= 15 is 0 Å². The first kappa shape index (κ1) is 17.1. The minimum Gasteiger partial charge on any atom is -0.337 e. The van der Waals surface area contributed by atoms with E-state index in [-0.39, 0.29) is 11.7 Å². The number of halogens is 1. The molecule has 2 rings (SSSR count). The first-order chi connectivity index (χ1) is 10.6. The molecule has 0 spiro atoms. The van der Waals surface area contributed by atoms with Gasteiger partial charge < -0.3 is 5.32 Å². The van der Waals surface area contributed by atoms with E-state index < -0.39 is 6.03 Å². The van der Waals surface area contributed by atoms with Crippen molar-refractivity contribution < 1.29 is 9.59 Å². The van der Waals surface area contributed by atoms with Crippen LogP contribution in [0.3, 0.4) is 0 Å². The predicted octanol–water partition coefficient (Wildman–Crippen LogP) is 3.67. The van der Waals surface area contributed by atoms with Gasteiger partial charge in [-0.05, 0) is 45.9 Å². The zero-order chi connectivity index (χ0) is 15.8. The monoisotopic (exact) mass is 398 g/mol. The highest BCUT2D eigenvalue weighted by molar-refractivity contribution is 9.10. The van der Waals surface area contributed by atoms with Gasteiger partial charge in [-0.1, -0.05) is 18.2 Å². The molecule has 7 heteroatoms. The van der Waals surface area contributed by atoms with Gasteiger partial charge in [-0.15, -0.1) is 23.1 Å². The highest BCUT2D eigenvalue weighted by Crippen LogP contribution is 2.26. The first-order valence-corrected chi connectivity index (χ1v) is 9.28. The number of rotatable bonds is 6. The van der Waals surface area contributed by atoms with Crippen molar-refractivity contribution in [3.63, 3.8) is 0 Å². The summed E-state index contributed by atoms with van der Waals surface area (Å²) in [7, 11) is 0. The summed E-state index contributed by atoms with van der Waals surface area (Å²) in [6.45, 7) is 0.511. The molecule has 0 unspecified atom stereocenters. The van der Waals surface area contributed by atoms with E-state index in [2.05, 4.69) is 26.6 Å². The number of carbonyl (C=O) groups is 2. The number of nitrogens with one attached hydrogen (secondary N) is 2. The Morgan fingerprint density at radius 2 is 2.00 bits per heavy atom. The van der Waals surface area contributed by atoms with Crippen molar-refractivity contribution in [1.82, 2.24) is 10.6 Å². The third-order valence-electron chi connectivity index (χ3n) is 2.69. The number of carbonyl (C=O) groups excluding carboxylic acids is 2. The van der Waals surface area contributed by atoms with E-state index in [1.807, 2.05) is 41.8 Å². The van der Waals surface area contributed by atoms with Crippen molar-refractivity contribution in [3.8, 4) is 0 Å². The number of imide groups is 1. The molecule has 0 aliphatic rings. The Bertz CT molecular complexity index is 632. The van der Waals surface area contributed by atoms with Gasteiger partial charge in [-0.3, -0.25) is 10.1 Å². The second-order valence-electron chi connectivity index (χ2n) is 4.35. The van der Waals surface area contributed by atoms with Crippen LogP contribution in [0, 0.1) is 0 Å². The van der Waals surface area contributed by atoms with Crippen LogP contribution in [0.1, 0.15) is 4.88 Å². The first-order valence-electron chi connectivity index (χ1n) is 6.62. The molecule has 0 aliphatic carbocycles. The van der Waals surface area contributed by atoms with Crippen molar-refractivity contribution in [2.45, 2.75) is 11.3 Å². The summed E-state index contributed by atoms with van der Waals surface area (Å²) in [4.78, 5) is 25.5. The van der Waals surface area contributed by atoms with Crippen molar-refractivity contribution in [3.05, 3.63) is 51.1 Å². The van der Waals surface area contributed by atoms with Gasteiger partial charge >= 0.3 is 6.03 Å². The molecule has 0 saturated heterocycles. The lowest BCUT2D eigenvalue weighted by Crippen LogP contribution is -2.41. The molecule has 1 aromatic carbocycles. The Kier molecular flexibility index (Phi) is 6.95. The van der Waals surface area contributed by atoms with Crippen molar-refractivity contribution >= 4 is 51.0 Å². The Balaban J connectivity index is 1.66. The molecule has 0 bridgehead atoms. The number of thioether (sulfide) groups is 1. The van der Waals surface area contributed by atoms with Gasteiger partial charge in [0, 0.05) is 20.8 Å². The molecule has 2 N–H and O–H groups in total. The van der Waals surface area contributed by atoms with Gasteiger partial charge in [0.15, 0.2) is 0 Å². The van der Waals surface area contributed by atoms with Gasteiger partial charge in [0.1, 0.15) is 0 Å². The van der Waals surface area contributed by atoms with Crippen LogP contribution in [-0.2, 0) is 11.2 Å². The molecule has 1 heterocycles. The second-order valence-corrected chi connectivity index (χ2v) is 7.26. The van der Waals surface area contributed by atoms with Crippen LogP contribution in [0.2, 0.25) is 0 Å². The maximum absolute atomic E-state index is 11.7. The lowest BCUT2D eigenvalue weighted by molar-refractivity contribution is -0.117. The summed E-state index contributed by atoms with van der Waals surface area (Å²) in [5.74, 6) is -0.115. The van der Waals surface area contributed by atoms with Crippen LogP contribution in [-0.4, -0.2) is 24.2 Å². The van der Waals surface area contributed by atoms with Crippen molar-refractivity contribution in [2.75, 3.05) is 12.3 Å². The fourth-order valence-corrected chi connectivity index (χ4v) is 3.74. The maximum Gasteiger partial charge on any atom is 0.321 e. The van der Waals surface area contributed by atoms with Crippen LogP contribution in [0.5, 0.6) is 0 Å². The lowest BCUT2D eigenvalue weighted by Gasteiger charge is -2.07. The smallest absolute Gasteiger partial charge is 0.321 e. The zero-order valence-corrected chi connectivity index (χ0v) is 14.9. The van der Waals surface area contributed by atoms with Gasteiger partial charge in [0.2, 0.25) is 5.91 Å². The summed E-state index contributed by atoms with van der Waals surface area (Å²) in [6, 6.07) is 11.2. The minimum atomic E-state index is -0.450. The zero-order valence-electron chi connectivity index (χ0n) is 11.7. The van der Waals surface area contributed by atoms with Gasteiger partial charge in [-0.2, -0.15) is 0 Å². The summed E-state index contributed by atoms with van der Waals surface area (Å²) in [5.41, 5.74) is 0. The Morgan fingerprint density at radius 1 is 1.18 bits per heavy atom. The van der Waals surface area contributed by atoms with Crippen LogP contribution in [0.25, 0.3) is 0 Å². The SMILES string of the molecule is O=C(CSc1ccccc1Br)NC(=O)NCCc1cccs1. The molecule has 0 fully saturated rings. The lowest BCUT2D eigenvalue weighted by atomic mass is 10.3. The van der Waals surface area contributed by atoms with E-state index in [1.165, 1.54) is 16.6 Å². The number of thiophene rings is 1. The molecule has 22 heavy (non-hydrogen) atoms. The predicted molar refractivity (Wildman–Crippen MR) is 94.4 cm³/mol. The van der Waals surface area contributed by atoms with E-state index in [0.717, 1.165) is 15.8 Å². The summed E-state index contributed by atoms with van der Waals surface area (Å²) >= 11 is 6.45. The molecule has 0 saturated carbocycles. The number of hydrogen-bond donors (Lipinski definition) is 2. The second kappa shape index (κ2) is 8.97. The van der Waals surface area contributed by atoms with Crippen molar-refractivity contribution in [2.24, 2.45) is 0 Å². The van der Waals surface area contributed by atoms with Gasteiger partial charge in [0.05, 0.1) is 5.75 Å². The molecule has 1 aromatic heterocycles. The molecule has 0 aliphatic heterocycles. The average Bonchev–Trinajstić information content (AvgIpc) is 2.99. The Labute approximate surface area is 145 Å². The summed E-state index contributed by atoms with van der Waals surface area (Å²) in [6.07, 6.45) is 0.769. The topological polar surface area (TPSA) is 58.2 Å². The molecular formula is C15H15BrN2O2S2. The molecule has 116 valence electrons. The molecule has 0 atom stereocenters. The molecular weight excluding hydrogens is 384 g/mol. The Morgan fingerprint density at radius 3 is 2.73 bits per heavy atom. The van der Waals surface area contributed by atoms with E-state index in [1.54, 1.807) is 11.3 Å². The highest BCUT2D eigenvalue weighted by Gasteiger charge is 2.09. The molecule has 4 nitrogen and oxygen atoms in total. The van der Waals surface area contributed by atoms with E-state index in [4.69, 9.17) is 0 Å². The largest absolute Gasteiger partial charge is 0.337 e. The molecule has 2 aromatic rings. The van der Waals surface area contributed by atoms with Crippen LogP contribution in [0.15, 0.2) is 51.1 Å². The minimum absolute atomic E-state index is 0.195. The number of urea groups is 1. The highest BCUT2D eigenvalue weighted by atomic mass is 79.9. The number of amides is 3. The fraction of sp³-hybridized carbons (Fsp3) is 0.200. The van der Waals surface area contributed by atoms with Crippen LogP contribution < -0.4 is 10.6 Å². The van der Waals surface area contributed by atoms with E-state index in [9.17, 15) is 9.59 Å². The third-order valence-corrected chi connectivity index (χ3v) is 5.65. The summed E-state index contributed by atoms with van der Waals surface area (Å²) < 4.78 is 0.938. The van der Waals surface area contributed by atoms with Crippen molar-refractivity contribution in [1.29, 1.82) is 0 Å². The standard InChI is InChI=1S/C15H15BrN2O2S2/c16-12-5-1-2-6-13(12)22-10-14(19)18-15(20)17-8-7-11-4-3-9-21-11/h1-6,9H,7-8,10H2,(H2,17,18,19,20). The quantitative estimate of drug-likeness (QED) is 0.729. The fourth-order valence-electron chi connectivity index (χ4n) is 1.67. The molecule has 3 amide bonds. The average molecular weight is 399 g/mol. The summed E-state index contributed by atoms with van der Waals surface area (Å²) in [5, 5.41) is 7.00. The number of hydrogen-bond acceptors (Lipinski definition) is 4. The van der Waals surface area contributed by atoms with Crippen LogP contribution >= 0.6 is 39.0 Å². The van der Waals surface area contributed by atoms with Gasteiger partial charge in [-0.25, -0.2) is 4.79 Å². The normalized spacial score (nSPS) is 10.2. The van der Waals surface area contributed by atoms with Crippen LogP contribution in [0.4, 0.5) is 4.79 Å².